The smallest absolute Gasteiger partial charge is 0.351 e. The Bertz CT molecular complexity index is 575. The third-order valence-corrected chi connectivity index (χ3v) is 3.80. The van der Waals surface area contributed by atoms with Gasteiger partial charge in [-0.1, -0.05) is 22.9 Å². The molecule has 0 aliphatic heterocycles. The minimum atomic E-state index is -0.488. The number of nitrogens with zero attached hydrogens (tertiary/aromatic N) is 4. The monoisotopic (exact) mass is 298 g/mol. The maximum absolute atomic E-state index is 11.4. The van der Waals surface area contributed by atoms with Gasteiger partial charge >= 0.3 is 5.97 Å². The number of anilines is 1. The van der Waals surface area contributed by atoms with Crippen LogP contribution in [0.4, 0.5) is 5.13 Å². The van der Waals surface area contributed by atoms with E-state index >= 15 is 0 Å². The first-order valence-electron chi connectivity index (χ1n) is 5.33. The lowest BCUT2D eigenvalue weighted by atomic mass is 10.5. The van der Waals surface area contributed by atoms with Crippen LogP contribution >= 0.6 is 22.9 Å². The van der Waals surface area contributed by atoms with Gasteiger partial charge in [0.25, 0.3) is 0 Å². The molecule has 2 rings (SSSR count). The second-order valence-electron chi connectivity index (χ2n) is 3.63. The standard InChI is InChI=1S/C11H11ClN4O2S/c1-16(6-7-13-4-3-5-14-7)11-15-9(12)8(19-11)10(17)18-2/h3-5H,6H2,1-2H3. The topological polar surface area (TPSA) is 68.2 Å². The number of aromatic nitrogens is 3. The van der Waals surface area contributed by atoms with Crippen LogP contribution in [0.3, 0.4) is 0 Å². The normalized spacial score (nSPS) is 10.3. The molecule has 0 amide bonds. The van der Waals surface area contributed by atoms with E-state index in [1.165, 1.54) is 18.4 Å². The van der Waals surface area contributed by atoms with Crippen molar-refractivity contribution in [1.29, 1.82) is 0 Å². The lowest BCUT2D eigenvalue weighted by molar-refractivity contribution is 0.0606. The van der Waals surface area contributed by atoms with E-state index in [4.69, 9.17) is 11.6 Å². The summed E-state index contributed by atoms with van der Waals surface area (Å²) in [5.74, 6) is 0.175. The van der Waals surface area contributed by atoms with Gasteiger partial charge in [-0.3, -0.25) is 0 Å². The highest BCUT2D eigenvalue weighted by Gasteiger charge is 2.19. The summed E-state index contributed by atoms with van der Waals surface area (Å²) in [5.41, 5.74) is 0. The highest BCUT2D eigenvalue weighted by Crippen LogP contribution is 2.29. The van der Waals surface area contributed by atoms with E-state index in [9.17, 15) is 4.79 Å². The lowest BCUT2D eigenvalue weighted by Crippen LogP contribution is -2.17. The van der Waals surface area contributed by atoms with Gasteiger partial charge in [-0.15, -0.1) is 0 Å². The number of esters is 1. The Kier molecular flexibility index (Phi) is 4.28. The van der Waals surface area contributed by atoms with E-state index in [2.05, 4.69) is 19.7 Å². The predicted molar refractivity (Wildman–Crippen MR) is 72.6 cm³/mol. The van der Waals surface area contributed by atoms with Gasteiger partial charge in [-0.25, -0.2) is 19.7 Å². The maximum atomic E-state index is 11.4. The van der Waals surface area contributed by atoms with Crippen LogP contribution in [0.1, 0.15) is 15.5 Å². The van der Waals surface area contributed by atoms with Crippen molar-refractivity contribution in [2.24, 2.45) is 0 Å². The largest absolute Gasteiger partial charge is 0.465 e. The first kappa shape index (κ1) is 13.7. The van der Waals surface area contributed by atoms with Crippen LogP contribution in [0.25, 0.3) is 0 Å². The number of ether oxygens (including phenoxy) is 1. The van der Waals surface area contributed by atoms with E-state index < -0.39 is 5.97 Å². The van der Waals surface area contributed by atoms with Crippen molar-refractivity contribution in [2.45, 2.75) is 6.54 Å². The van der Waals surface area contributed by atoms with Crippen LogP contribution in [-0.2, 0) is 11.3 Å². The molecular weight excluding hydrogens is 288 g/mol. The van der Waals surface area contributed by atoms with Crippen molar-refractivity contribution in [3.63, 3.8) is 0 Å². The number of hydrogen-bond donors (Lipinski definition) is 0. The zero-order valence-corrected chi connectivity index (χ0v) is 11.9. The van der Waals surface area contributed by atoms with Gasteiger partial charge in [0.15, 0.2) is 15.2 Å². The fourth-order valence-electron chi connectivity index (χ4n) is 1.36. The van der Waals surface area contributed by atoms with Crippen LogP contribution in [0.15, 0.2) is 18.5 Å². The molecule has 2 aromatic heterocycles. The van der Waals surface area contributed by atoms with Gasteiger partial charge in [-0.2, -0.15) is 0 Å². The molecular formula is C11H11ClN4O2S. The molecule has 2 heterocycles. The molecule has 0 saturated carbocycles. The molecule has 100 valence electrons. The first-order valence-corrected chi connectivity index (χ1v) is 6.53. The summed E-state index contributed by atoms with van der Waals surface area (Å²) in [6, 6.07) is 1.75. The molecule has 0 aliphatic carbocycles. The van der Waals surface area contributed by atoms with Crippen molar-refractivity contribution in [3.8, 4) is 0 Å². The molecule has 0 N–H and O–H groups in total. The molecule has 8 heteroatoms. The van der Waals surface area contributed by atoms with Gasteiger partial charge in [0.2, 0.25) is 0 Å². The average molecular weight is 299 g/mol. The van der Waals surface area contributed by atoms with E-state index in [1.807, 2.05) is 11.9 Å². The van der Waals surface area contributed by atoms with E-state index in [0.717, 1.165) is 0 Å². The molecule has 0 unspecified atom stereocenters. The van der Waals surface area contributed by atoms with Crippen LogP contribution < -0.4 is 4.90 Å². The number of methoxy groups -OCH3 is 1. The van der Waals surface area contributed by atoms with Crippen molar-refractivity contribution in [1.82, 2.24) is 15.0 Å². The van der Waals surface area contributed by atoms with Crippen molar-refractivity contribution in [2.75, 3.05) is 19.1 Å². The summed E-state index contributed by atoms with van der Waals surface area (Å²) >= 11 is 7.08. The Balaban J connectivity index is 2.16. The highest BCUT2D eigenvalue weighted by atomic mass is 35.5. The Hall–Kier alpha value is -1.73. The van der Waals surface area contributed by atoms with Crippen LogP contribution in [0.2, 0.25) is 5.15 Å². The molecule has 6 nitrogen and oxygen atoms in total. The summed E-state index contributed by atoms with van der Waals surface area (Å²) < 4.78 is 4.63. The predicted octanol–water partition coefficient (Wildman–Crippen LogP) is 2.01. The Morgan fingerprint density at radius 3 is 2.79 bits per heavy atom. The molecule has 0 atom stereocenters. The minimum Gasteiger partial charge on any atom is -0.465 e. The van der Waals surface area contributed by atoms with Gasteiger partial charge in [0.1, 0.15) is 5.82 Å². The third-order valence-electron chi connectivity index (χ3n) is 2.27. The molecule has 0 aromatic carbocycles. The molecule has 0 radical (unpaired) electrons. The van der Waals surface area contributed by atoms with Gasteiger partial charge in [0.05, 0.1) is 13.7 Å². The summed E-state index contributed by atoms with van der Waals surface area (Å²) in [6.07, 6.45) is 3.34. The van der Waals surface area contributed by atoms with Crippen molar-refractivity contribution in [3.05, 3.63) is 34.3 Å². The molecule has 0 aliphatic rings. The Labute approximate surface area is 119 Å². The molecule has 0 spiro atoms. The summed E-state index contributed by atoms with van der Waals surface area (Å²) in [5, 5.41) is 0.755. The number of carbonyl (C=O) groups is 1. The van der Waals surface area contributed by atoms with Crippen LogP contribution in [-0.4, -0.2) is 35.1 Å². The van der Waals surface area contributed by atoms with Crippen LogP contribution in [0.5, 0.6) is 0 Å². The average Bonchev–Trinajstić information content (AvgIpc) is 2.81. The number of carbonyl (C=O) groups excluding carboxylic acids is 1. The Morgan fingerprint density at radius 2 is 2.16 bits per heavy atom. The molecule has 2 aromatic rings. The first-order chi connectivity index (χ1) is 9.11. The highest BCUT2D eigenvalue weighted by molar-refractivity contribution is 7.18. The zero-order chi connectivity index (χ0) is 13.8. The number of hydrogen-bond acceptors (Lipinski definition) is 7. The summed E-state index contributed by atoms with van der Waals surface area (Å²) in [7, 11) is 3.13. The molecule has 19 heavy (non-hydrogen) atoms. The van der Waals surface area contributed by atoms with E-state index in [-0.39, 0.29) is 5.15 Å². The number of thiazole rings is 1. The SMILES string of the molecule is COC(=O)c1sc(N(C)Cc2ncccn2)nc1Cl. The molecule has 0 bridgehead atoms. The number of halogens is 1. The van der Waals surface area contributed by atoms with E-state index in [1.54, 1.807) is 18.5 Å². The number of rotatable bonds is 4. The van der Waals surface area contributed by atoms with Crippen molar-refractivity contribution < 1.29 is 9.53 Å². The third kappa shape index (κ3) is 3.18. The van der Waals surface area contributed by atoms with Gasteiger partial charge < -0.3 is 9.64 Å². The molecule has 0 fully saturated rings. The Morgan fingerprint density at radius 1 is 1.47 bits per heavy atom. The fraction of sp³-hybridized carbons (Fsp3) is 0.273. The minimum absolute atomic E-state index is 0.146. The van der Waals surface area contributed by atoms with Crippen LogP contribution in [0, 0.1) is 0 Å². The lowest BCUT2D eigenvalue weighted by Gasteiger charge is -2.13. The van der Waals surface area contributed by atoms with Crippen molar-refractivity contribution >= 4 is 34.0 Å². The molecule has 0 saturated heterocycles. The second-order valence-corrected chi connectivity index (χ2v) is 4.96. The zero-order valence-electron chi connectivity index (χ0n) is 10.3. The van der Waals surface area contributed by atoms with E-state index in [0.29, 0.717) is 22.4 Å². The van der Waals surface area contributed by atoms with Gasteiger partial charge in [0, 0.05) is 19.4 Å². The summed E-state index contributed by atoms with van der Waals surface area (Å²) in [4.78, 5) is 25.9. The maximum Gasteiger partial charge on any atom is 0.351 e. The summed E-state index contributed by atoms with van der Waals surface area (Å²) in [6.45, 7) is 0.477. The van der Waals surface area contributed by atoms with Gasteiger partial charge in [-0.05, 0) is 6.07 Å². The fourth-order valence-corrected chi connectivity index (χ4v) is 2.52. The second kappa shape index (κ2) is 5.94. The quantitative estimate of drug-likeness (QED) is 0.804.